The van der Waals surface area contributed by atoms with Gasteiger partial charge in [-0.15, -0.1) is 0 Å². The van der Waals surface area contributed by atoms with Crippen LogP contribution in [0.5, 0.6) is 0 Å². The molecule has 0 unspecified atom stereocenters. The molecule has 0 amide bonds. The topological polar surface area (TPSA) is 56.5 Å². The molecule has 23 heavy (non-hydrogen) atoms. The highest BCUT2D eigenvalue weighted by Gasteiger charge is 2.32. The Balaban J connectivity index is 1.88. The predicted octanol–water partition coefficient (Wildman–Crippen LogP) is 3.45. The van der Waals surface area contributed by atoms with Crippen LogP contribution >= 0.6 is 0 Å². The van der Waals surface area contributed by atoms with Gasteiger partial charge in [0.15, 0.2) is 5.65 Å². The fourth-order valence-corrected chi connectivity index (χ4v) is 2.82. The Hall–Kier alpha value is -2.69. The van der Waals surface area contributed by atoms with Crippen LogP contribution in [0, 0.1) is 0 Å². The number of carbonyl (C=O) groups excluding carboxylic acids is 1. The van der Waals surface area contributed by atoms with Crippen molar-refractivity contribution in [1.82, 2.24) is 14.6 Å². The molecule has 2 heterocycles. The summed E-state index contributed by atoms with van der Waals surface area (Å²) in [5.74, 6) is 0.0454. The van der Waals surface area contributed by atoms with Gasteiger partial charge in [0.2, 0.25) is 0 Å². The SMILES string of the molecule is CCOC(=O)c1cnc2cc(-c3ccccc3)nn2c1C1CC1. The molecule has 3 aromatic rings. The quantitative estimate of drug-likeness (QED) is 0.693. The molecule has 1 fully saturated rings. The Morgan fingerprint density at radius 3 is 2.78 bits per heavy atom. The van der Waals surface area contributed by atoms with Crippen LogP contribution in [0.4, 0.5) is 0 Å². The van der Waals surface area contributed by atoms with E-state index in [1.54, 1.807) is 6.20 Å². The van der Waals surface area contributed by atoms with E-state index in [0.717, 1.165) is 35.4 Å². The van der Waals surface area contributed by atoms with Gasteiger partial charge in [0.1, 0.15) is 0 Å². The van der Waals surface area contributed by atoms with Crippen LogP contribution in [-0.2, 0) is 4.74 Å². The monoisotopic (exact) mass is 307 g/mol. The molecule has 0 saturated heterocycles. The molecule has 4 rings (SSSR count). The Morgan fingerprint density at radius 2 is 2.09 bits per heavy atom. The summed E-state index contributed by atoms with van der Waals surface area (Å²) in [5, 5.41) is 4.69. The van der Waals surface area contributed by atoms with Gasteiger partial charge in [0, 0.05) is 23.7 Å². The maximum Gasteiger partial charge on any atom is 0.341 e. The minimum absolute atomic E-state index is 0.319. The molecule has 1 aromatic carbocycles. The largest absolute Gasteiger partial charge is 0.462 e. The lowest BCUT2D eigenvalue weighted by Gasteiger charge is -2.09. The highest BCUT2D eigenvalue weighted by Crippen LogP contribution is 2.42. The van der Waals surface area contributed by atoms with E-state index in [1.807, 2.05) is 47.8 Å². The van der Waals surface area contributed by atoms with Gasteiger partial charge in [-0.05, 0) is 19.8 Å². The van der Waals surface area contributed by atoms with Gasteiger partial charge in [-0.2, -0.15) is 5.10 Å². The smallest absolute Gasteiger partial charge is 0.341 e. The number of aromatic nitrogens is 3. The summed E-state index contributed by atoms with van der Waals surface area (Å²) in [5.41, 5.74) is 4.12. The minimum atomic E-state index is -0.319. The van der Waals surface area contributed by atoms with Gasteiger partial charge in [0.05, 0.1) is 23.6 Å². The number of ether oxygens (including phenoxy) is 1. The lowest BCUT2D eigenvalue weighted by Crippen LogP contribution is -2.12. The van der Waals surface area contributed by atoms with Gasteiger partial charge in [-0.1, -0.05) is 30.3 Å². The van der Waals surface area contributed by atoms with Crippen molar-refractivity contribution in [3.8, 4) is 11.3 Å². The van der Waals surface area contributed by atoms with Crippen molar-refractivity contribution in [2.24, 2.45) is 0 Å². The highest BCUT2D eigenvalue weighted by molar-refractivity contribution is 5.91. The molecular formula is C18H17N3O2. The Bertz CT molecular complexity index is 867. The molecule has 2 aromatic heterocycles. The molecule has 0 atom stereocenters. The van der Waals surface area contributed by atoms with E-state index in [0.29, 0.717) is 18.1 Å². The van der Waals surface area contributed by atoms with Crippen molar-refractivity contribution >= 4 is 11.6 Å². The molecule has 0 aliphatic heterocycles. The minimum Gasteiger partial charge on any atom is -0.462 e. The van der Waals surface area contributed by atoms with E-state index in [9.17, 15) is 4.79 Å². The molecule has 1 saturated carbocycles. The first-order valence-electron chi connectivity index (χ1n) is 7.89. The second kappa shape index (κ2) is 5.50. The third kappa shape index (κ3) is 2.48. The molecule has 0 bridgehead atoms. The van der Waals surface area contributed by atoms with E-state index >= 15 is 0 Å². The summed E-state index contributed by atoms with van der Waals surface area (Å²) in [6, 6.07) is 11.9. The first kappa shape index (κ1) is 13.9. The molecule has 1 aliphatic carbocycles. The zero-order valence-corrected chi connectivity index (χ0v) is 12.9. The lowest BCUT2D eigenvalue weighted by atomic mass is 10.1. The van der Waals surface area contributed by atoms with Crippen molar-refractivity contribution in [3.05, 3.63) is 53.9 Å². The third-order valence-electron chi connectivity index (χ3n) is 4.05. The molecule has 0 N–H and O–H groups in total. The number of hydrogen-bond donors (Lipinski definition) is 0. The van der Waals surface area contributed by atoms with Crippen LogP contribution in [0.1, 0.15) is 41.7 Å². The van der Waals surface area contributed by atoms with Crippen LogP contribution in [0.25, 0.3) is 16.9 Å². The molecule has 0 spiro atoms. The van der Waals surface area contributed by atoms with Gasteiger partial charge in [-0.3, -0.25) is 0 Å². The zero-order chi connectivity index (χ0) is 15.8. The highest BCUT2D eigenvalue weighted by atomic mass is 16.5. The number of hydrogen-bond acceptors (Lipinski definition) is 4. The van der Waals surface area contributed by atoms with Crippen LogP contribution in [0.3, 0.4) is 0 Å². The van der Waals surface area contributed by atoms with Crippen LogP contribution in [0.15, 0.2) is 42.6 Å². The standard InChI is InChI=1S/C18H17N3O2/c1-2-23-18(22)14-11-19-16-10-15(12-6-4-3-5-7-12)20-21(16)17(14)13-8-9-13/h3-7,10-11,13H,2,8-9H2,1H3. The number of esters is 1. The van der Waals surface area contributed by atoms with Crippen LogP contribution in [0.2, 0.25) is 0 Å². The first-order chi connectivity index (χ1) is 11.3. The fraction of sp³-hybridized carbons (Fsp3) is 0.278. The average molecular weight is 307 g/mol. The van der Waals surface area contributed by atoms with E-state index < -0.39 is 0 Å². The molecule has 5 nitrogen and oxygen atoms in total. The van der Waals surface area contributed by atoms with Crippen LogP contribution < -0.4 is 0 Å². The van der Waals surface area contributed by atoms with Crippen molar-refractivity contribution in [2.75, 3.05) is 6.61 Å². The predicted molar refractivity (Wildman–Crippen MR) is 86.4 cm³/mol. The normalized spacial score (nSPS) is 14.1. The number of carbonyl (C=O) groups is 1. The van der Waals surface area contributed by atoms with Crippen molar-refractivity contribution in [2.45, 2.75) is 25.7 Å². The summed E-state index contributed by atoms with van der Waals surface area (Å²) in [6.07, 6.45) is 3.77. The Labute approximate surface area is 133 Å². The van der Waals surface area contributed by atoms with Crippen molar-refractivity contribution < 1.29 is 9.53 Å². The maximum absolute atomic E-state index is 12.2. The molecule has 0 radical (unpaired) electrons. The molecule has 5 heteroatoms. The van der Waals surface area contributed by atoms with E-state index in [1.165, 1.54) is 0 Å². The van der Waals surface area contributed by atoms with Crippen molar-refractivity contribution in [3.63, 3.8) is 0 Å². The van der Waals surface area contributed by atoms with Crippen LogP contribution in [-0.4, -0.2) is 27.2 Å². The Kier molecular flexibility index (Phi) is 3.33. The Morgan fingerprint density at radius 1 is 1.30 bits per heavy atom. The molecule has 1 aliphatic rings. The lowest BCUT2D eigenvalue weighted by molar-refractivity contribution is 0.0523. The maximum atomic E-state index is 12.2. The number of benzene rings is 1. The summed E-state index contributed by atoms with van der Waals surface area (Å²) >= 11 is 0. The van der Waals surface area contributed by atoms with E-state index in [-0.39, 0.29) is 5.97 Å². The average Bonchev–Trinajstić information content (AvgIpc) is 3.32. The van der Waals surface area contributed by atoms with E-state index in [2.05, 4.69) is 4.98 Å². The summed E-state index contributed by atoms with van der Waals surface area (Å²) in [4.78, 5) is 16.6. The summed E-state index contributed by atoms with van der Waals surface area (Å²) in [7, 11) is 0. The van der Waals surface area contributed by atoms with Gasteiger partial charge >= 0.3 is 5.97 Å². The summed E-state index contributed by atoms with van der Waals surface area (Å²) < 4.78 is 6.98. The van der Waals surface area contributed by atoms with Gasteiger partial charge < -0.3 is 4.74 Å². The fourth-order valence-electron chi connectivity index (χ4n) is 2.82. The van der Waals surface area contributed by atoms with Gasteiger partial charge in [0.25, 0.3) is 0 Å². The van der Waals surface area contributed by atoms with Gasteiger partial charge in [-0.25, -0.2) is 14.3 Å². The molecule has 116 valence electrons. The second-order valence-electron chi connectivity index (χ2n) is 5.72. The van der Waals surface area contributed by atoms with E-state index in [4.69, 9.17) is 9.84 Å². The number of rotatable bonds is 4. The molecular weight excluding hydrogens is 290 g/mol. The summed E-state index contributed by atoms with van der Waals surface area (Å²) in [6.45, 7) is 2.16. The number of nitrogens with zero attached hydrogens (tertiary/aromatic N) is 3. The zero-order valence-electron chi connectivity index (χ0n) is 12.9. The second-order valence-corrected chi connectivity index (χ2v) is 5.72. The first-order valence-corrected chi connectivity index (χ1v) is 7.89. The third-order valence-corrected chi connectivity index (χ3v) is 4.05. The number of fused-ring (bicyclic) bond motifs is 1. The van der Waals surface area contributed by atoms with Crippen molar-refractivity contribution in [1.29, 1.82) is 0 Å².